The molecule has 4 rings (SSSR count). The number of piperidine rings is 1. The molecule has 0 radical (unpaired) electrons. The molecule has 2 aromatic carbocycles. The number of halogens is 2. The van der Waals surface area contributed by atoms with Gasteiger partial charge in [-0.3, -0.25) is 4.79 Å². The van der Waals surface area contributed by atoms with E-state index in [2.05, 4.69) is 11.6 Å². The Morgan fingerprint density at radius 1 is 1.14 bits per heavy atom. The van der Waals surface area contributed by atoms with Crippen LogP contribution < -0.4 is 0 Å². The molecule has 1 saturated heterocycles. The zero-order valence-electron chi connectivity index (χ0n) is 20.9. The first-order chi connectivity index (χ1) is 17.7. The first-order valence-electron chi connectivity index (χ1n) is 12.3. The third-order valence-corrected chi connectivity index (χ3v) is 7.73. The second kappa shape index (κ2) is 11.1. The highest BCUT2D eigenvalue weighted by Gasteiger charge is 2.51. The van der Waals surface area contributed by atoms with Gasteiger partial charge in [0.05, 0.1) is 23.2 Å². The summed E-state index contributed by atoms with van der Waals surface area (Å²) in [4.78, 5) is 32.5. The summed E-state index contributed by atoms with van der Waals surface area (Å²) in [7, 11) is 0. The molecule has 0 unspecified atom stereocenters. The quantitative estimate of drug-likeness (QED) is 0.297. The number of carbonyl (C=O) groups is 2. The largest absolute Gasteiger partial charge is 0.477 e. The average molecular weight is 537 g/mol. The van der Waals surface area contributed by atoms with Gasteiger partial charge in [0.2, 0.25) is 5.91 Å². The number of aromatic nitrogens is 1. The SMILES string of the molecule is C=CC[C@@]1(C)C[C@H](c2cccc(Cl)c2)[C@@H](c2ccc(Cl)cc2)N([C@H](CC)c2cccc(C(=O)O)n2)C1=O. The molecule has 0 bridgehead atoms. The molecule has 1 aliphatic heterocycles. The number of pyridine rings is 1. The van der Waals surface area contributed by atoms with E-state index in [0.717, 1.165) is 11.1 Å². The van der Waals surface area contributed by atoms with Crippen LogP contribution in [0.25, 0.3) is 0 Å². The number of rotatable bonds is 8. The van der Waals surface area contributed by atoms with Crippen LogP contribution in [0.15, 0.2) is 79.4 Å². The van der Waals surface area contributed by atoms with Gasteiger partial charge in [-0.05, 0) is 66.8 Å². The van der Waals surface area contributed by atoms with Crippen molar-refractivity contribution in [1.82, 2.24) is 9.88 Å². The number of likely N-dealkylation sites (tertiary alicyclic amines) is 1. The van der Waals surface area contributed by atoms with Crippen LogP contribution >= 0.6 is 23.2 Å². The number of hydrogen-bond acceptors (Lipinski definition) is 3. The lowest BCUT2D eigenvalue weighted by molar-refractivity contribution is -0.155. The lowest BCUT2D eigenvalue weighted by Crippen LogP contribution is -2.53. The van der Waals surface area contributed by atoms with Crippen LogP contribution in [-0.2, 0) is 4.79 Å². The molecule has 37 heavy (non-hydrogen) atoms. The Balaban J connectivity index is 1.96. The van der Waals surface area contributed by atoms with Crippen LogP contribution in [0.5, 0.6) is 0 Å². The minimum Gasteiger partial charge on any atom is -0.477 e. The fraction of sp³-hybridized carbons (Fsp3) is 0.300. The first-order valence-corrected chi connectivity index (χ1v) is 13.1. The second-order valence-corrected chi connectivity index (χ2v) is 10.7. The zero-order valence-corrected chi connectivity index (χ0v) is 22.4. The van der Waals surface area contributed by atoms with Crippen molar-refractivity contribution in [3.8, 4) is 0 Å². The maximum atomic E-state index is 14.4. The Morgan fingerprint density at radius 3 is 2.46 bits per heavy atom. The number of carbonyl (C=O) groups excluding carboxylic acids is 1. The summed E-state index contributed by atoms with van der Waals surface area (Å²) >= 11 is 12.7. The Bertz CT molecular complexity index is 1310. The number of amides is 1. The van der Waals surface area contributed by atoms with Gasteiger partial charge in [-0.25, -0.2) is 9.78 Å². The number of allylic oxidation sites excluding steroid dienone is 1. The molecule has 1 N–H and O–H groups in total. The predicted octanol–water partition coefficient (Wildman–Crippen LogP) is 7.88. The van der Waals surface area contributed by atoms with Crippen molar-refractivity contribution >= 4 is 35.1 Å². The second-order valence-electron chi connectivity index (χ2n) is 9.80. The van der Waals surface area contributed by atoms with Crippen molar-refractivity contribution in [2.75, 3.05) is 0 Å². The van der Waals surface area contributed by atoms with Crippen molar-refractivity contribution in [1.29, 1.82) is 0 Å². The lowest BCUT2D eigenvalue weighted by atomic mass is 9.67. The van der Waals surface area contributed by atoms with Gasteiger partial charge >= 0.3 is 5.97 Å². The number of nitrogens with zero attached hydrogens (tertiary/aromatic N) is 2. The van der Waals surface area contributed by atoms with E-state index >= 15 is 0 Å². The number of hydrogen-bond donors (Lipinski definition) is 1. The van der Waals surface area contributed by atoms with Crippen LogP contribution in [0, 0.1) is 5.41 Å². The fourth-order valence-electron chi connectivity index (χ4n) is 5.54. The van der Waals surface area contributed by atoms with Gasteiger partial charge in [-0.1, -0.05) is 73.5 Å². The number of aromatic carboxylic acids is 1. The lowest BCUT2D eigenvalue weighted by Gasteiger charge is -2.52. The monoisotopic (exact) mass is 536 g/mol. The first kappa shape index (κ1) is 26.9. The van der Waals surface area contributed by atoms with Crippen molar-refractivity contribution in [3.63, 3.8) is 0 Å². The molecule has 7 heteroatoms. The van der Waals surface area contributed by atoms with E-state index in [1.807, 2.05) is 67.3 Å². The van der Waals surface area contributed by atoms with E-state index in [1.54, 1.807) is 18.2 Å². The molecule has 1 fully saturated rings. The van der Waals surface area contributed by atoms with Crippen LogP contribution in [-0.4, -0.2) is 26.9 Å². The normalized spacial score (nSPS) is 22.5. The maximum absolute atomic E-state index is 14.4. The number of carboxylic acid groups (broad SMARTS) is 1. The van der Waals surface area contributed by atoms with E-state index in [9.17, 15) is 14.7 Å². The van der Waals surface area contributed by atoms with Crippen molar-refractivity contribution in [2.45, 2.75) is 51.1 Å². The number of carboxylic acids is 1. The summed E-state index contributed by atoms with van der Waals surface area (Å²) in [6.07, 6.45) is 3.45. The summed E-state index contributed by atoms with van der Waals surface area (Å²) in [6.45, 7) is 7.89. The van der Waals surface area contributed by atoms with E-state index < -0.39 is 17.4 Å². The van der Waals surface area contributed by atoms with E-state index in [1.165, 1.54) is 6.07 Å². The Labute approximate surface area is 227 Å². The Morgan fingerprint density at radius 2 is 1.84 bits per heavy atom. The highest BCUT2D eigenvalue weighted by Crippen LogP contribution is 2.54. The van der Waals surface area contributed by atoms with Gasteiger partial charge in [0, 0.05) is 16.0 Å². The van der Waals surface area contributed by atoms with Crippen molar-refractivity contribution in [3.05, 3.63) is 112 Å². The molecule has 192 valence electrons. The molecule has 0 saturated carbocycles. The molecular formula is C30H30Cl2N2O3. The van der Waals surface area contributed by atoms with Gasteiger partial charge in [-0.15, -0.1) is 6.58 Å². The molecule has 0 spiro atoms. The molecule has 1 aliphatic rings. The van der Waals surface area contributed by atoms with E-state index in [0.29, 0.717) is 35.0 Å². The summed E-state index contributed by atoms with van der Waals surface area (Å²) in [5.41, 5.74) is 1.75. The molecule has 1 amide bonds. The summed E-state index contributed by atoms with van der Waals surface area (Å²) in [5.74, 6) is -1.21. The molecule has 1 aromatic heterocycles. The van der Waals surface area contributed by atoms with Crippen LogP contribution in [0.4, 0.5) is 0 Å². The van der Waals surface area contributed by atoms with Crippen molar-refractivity contribution in [2.24, 2.45) is 5.41 Å². The zero-order chi connectivity index (χ0) is 26.7. The van der Waals surface area contributed by atoms with Crippen LogP contribution in [0.1, 0.15) is 78.4 Å². The van der Waals surface area contributed by atoms with Gasteiger partial charge in [0.25, 0.3) is 0 Å². The molecule has 5 nitrogen and oxygen atoms in total. The van der Waals surface area contributed by atoms with Gasteiger partial charge in [-0.2, -0.15) is 0 Å². The topological polar surface area (TPSA) is 70.5 Å². The highest BCUT2D eigenvalue weighted by molar-refractivity contribution is 6.30. The van der Waals surface area contributed by atoms with Gasteiger partial charge < -0.3 is 10.0 Å². The standard InChI is InChI=1S/C30H30Cl2N2O3/c1-4-16-30(3)18-23(20-8-6-9-22(32)17-20)27(19-12-14-21(31)15-13-19)34(29(30)37)26(5-2)24-10-7-11-25(33-24)28(35)36/h4,6-15,17,23,26-27H,1,5,16,18H2,2-3H3,(H,35,36)/t23-,26-,27-,30+/m1/s1. The van der Waals surface area contributed by atoms with Crippen molar-refractivity contribution < 1.29 is 14.7 Å². The minimum absolute atomic E-state index is 0.0139. The van der Waals surface area contributed by atoms with Gasteiger partial charge in [0.1, 0.15) is 5.69 Å². The Hall–Kier alpha value is -3.15. The Kier molecular flexibility index (Phi) is 8.05. The third-order valence-electron chi connectivity index (χ3n) is 7.24. The fourth-order valence-corrected chi connectivity index (χ4v) is 5.86. The average Bonchev–Trinajstić information content (AvgIpc) is 2.88. The predicted molar refractivity (Wildman–Crippen MR) is 147 cm³/mol. The number of benzene rings is 2. The van der Waals surface area contributed by atoms with E-state index in [-0.39, 0.29) is 23.6 Å². The highest BCUT2D eigenvalue weighted by atomic mass is 35.5. The van der Waals surface area contributed by atoms with Crippen LogP contribution in [0.2, 0.25) is 10.0 Å². The smallest absolute Gasteiger partial charge is 0.354 e. The summed E-state index contributed by atoms with van der Waals surface area (Å²) in [6, 6.07) is 19.5. The molecule has 2 heterocycles. The third kappa shape index (κ3) is 5.43. The molecular weight excluding hydrogens is 507 g/mol. The molecule has 3 aromatic rings. The van der Waals surface area contributed by atoms with Crippen LogP contribution in [0.3, 0.4) is 0 Å². The molecule has 4 atom stereocenters. The summed E-state index contributed by atoms with van der Waals surface area (Å²) in [5, 5.41) is 10.8. The van der Waals surface area contributed by atoms with Gasteiger partial charge in [0.15, 0.2) is 0 Å². The maximum Gasteiger partial charge on any atom is 0.354 e. The summed E-state index contributed by atoms with van der Waals surface area (Å²) < 4.78 is 0. The molecule has 0 aliphatic carbocycles. The minimum atomic E-state index is -1.11. The van der Waals surface area contributed by atoms with E-state index in [4.69, 9.17) is 23.2 Å².